The van der Waals surface area contributed by atoms with Crippen LogP contribution < -0.4 is 10.4 Å². The molecule has 1 N–H and O–H groups in total. The van der Waals surface area contributed by atoms with Crippen LogP contribution in [0.4, 0.5) is 0 Å². The highest BCUT2D eigenvalue weighted by Crippen LogP contribution is 2.28. The van der Waals surface area contributed by atoms with Crippen molar-refractivity contribution < 1.29 is 19.1 Å². The van der Waals surface area contributed by atoms with Crippen molar-refractivity contribution in [2.45, 2.75) is 52.9 Å². The Balaban J connectivity index is 1.46. The summed E-state index contributed by atoms with van der Waals surface area (Å²) in [6.07, 6.45) is 5.98. The first-order chi connectivity index (χ1) is 17.3. The lowest BCUT2D eigenvalue weighted by molar-refractivity contribution is 0.0992. The van der Waals surface area contributed by atoms with E-state index in [0.717, 1.165) is 29.5 Å². The first-order valence-electron chi connectivity index (χ1n) is 12.7. The number of nitrogens with zero attached hydrogens (tertiary/aromatic N) is 1. The largest absolute Gasteiger partial charge is 0.508 e. The van der Waals surface area contributed by atoms with Crippen molar-refractivity contribution in [1.29, 1.82) is 0 Å². The van der Waals surface area contributed by atoms with Crippen LogP contribution in [0.3, 0.4) is 0 Å². The van der Waals surface area contributed by atoms with E-state index >= 15 is 0 Å². The van der Waals surface area contributed by atoms with Crippen LogP contribution in [0.5, 0.6) is 11.5 Å². The minimum Gasteiger partial charge on any atom is -0.508 e. The number of fused-ring (bicyclic) bond motifs is 1. The van der Waals surface area contributed by atoms with Crippen LogP contribution in [0.25, 0.3) is 11.0 Å². The van der Waals surface area contributed by atoms with E-state index in [2.05, 4.69) is 4.90 Å². The predicted molar refractivity (Wildman–Crippen MR) is 142 cm³/mol. The van der Waals surface area contributed by atoms with Crippen molar-refractivity contribution in [2.24, 2.45) is 0 Å². The molecule has 36 heavy (non-hydrogen) atoms. The molecular formula is C30H35NO5. The summed E-state index contributed by atoms with van der Waals surface area (Å²) in [4.78, 5) is 28.2. The second-order valence-corrected chi connectivity index (χ2v) is 9.85. The molecule has 1 fully saturated rings. The maximum absolute atomic E-state index is 13.0. The van der Waals surface area contributed by atoms with E-state index in [1.807, 2.05) is 39.0 Å². The number of likely N-dealkylation sites (tertiary alicyclic amines) is 1. The summed E-state index contributed by atoms with van der Waals surface area (Å²) in [7, 11) is 0. The van der Waals surface area contributed by atoms with Gasteiger partial charge >= 0.3 is 5.63 Å². The minimum atomic E-state index is -0.520. The van der Waals surface area contributed by atoms with Crippen LogP contribution in [-0.2, 0) is 12.8 Å². The highest BCUT2D eigenvalue weighted by molar-refractivity contribution is 5.98. The van der Waals surface area contributed by atoms with Gasteiger partial charge in [-0.1, -0.05) is 11.6 Å². The van der Waals surface area contributed by atoms with Crippen LogP contribution in [0.1, 0.15) is 60.2 Å². The molecule has 0 amide bonds. The standard InChI is InChI=1S/C30H35NO5/c1-20(2)7-8-22-17-23(9-11-26(22)32)27(33)19-25-18-24-10-12-28(21(3)29(24)36-30(25)34)35-16-6-15-31-13-4-5-14-31/h7,9-12,17-18,32H,4-6,8,13-16,19H2,1-3H3. The molecule has 0 spiro atoms. The molecule has 1 aliphatic heterocycles. The lowest BCUT2D eigenvalue weighted by Gasteiger charge is -2.15. The van der Waals surface area contributed by atoms with Crippen LogP contribution >= 0.6 is 0 Å². The van der Waals surface area contributed by atoms with Gasteiger partial charge in [-0.05, 0) is 102 Å². The lowest BCUT2D eigenvalue weighted by atomic mass is 9.99. The van der Waals surface area contributed by atoms with E-state index in [1.165, 1.54) is 32.0 Å². The molecule has 4 rings (SSSR count). The van der Waals surface area contributed by atoms with Crippen molar-refractivity contribution in [3.63, 3.8) is 0 Å². The van der Waals surface area contributed by atoms with Gasteiger partial charge in [0.2, 0.25) is 0 Å². The van der Waals surface area contributed by atoms with Gasteiger partial charge in [0.1, 0.15) is 17.1 Å². The van der Waals surface area contributed by atoms with Gasteiger partial charge in [-0.3, -0.25) is 4.79 Å². The van der Waals surface area contributed by atoms with Crippen LogP contribution in [-0.4, -0.2) is 42.0 Å². The summed E-state index contributed by atoms with van der Waals surface area (Å²) in [5.74, 6) is 0.664. The number of ketones is 1. The molecule has 6 nitrogen and oxygen atoms in total. The number of carbonyl (C=O) groups is 1. The fourth-order valence-electron chi connectivity index (χ4n) is 4.62. The summed E-state index contributed by atoms with van der Waals surface area (Å²) < 4.78 is 11.6. The first-order valence-corrected chi connectivity index (χ1v) is 12.7. The minimum absolute atomic E-state index is 0.0705. The second-order valence-electron chi connectivity index (χ2n) is 9.85. The molecule has 2 aromatic carbocycles. The average molecular weight is 490 g/mol. The number of hydrogen-bond acceptors (Lipinski definition) is 6. The number of rotatable bonds is 10. The summed E-state index contributed by atoms with van der Waals surface area (Å²) in [5.41, 5.74) is 3.33. The van der Waals surface area contributed by atoms with E-state index < -0.39 is 5.63 Å². The highest BCUT2D eigenvalue weighted by Gasteiger charge is 2.16. The van der Waals surface area contributed by atoms with Gasteiger partial charge in [-0.15, -0.1) is 0 Å². The van der Waals surface area contributed by atoms with Crippen LogP contribution in [0, 0.1) is 6.92 Å². The van der Waals surface area contributed by atoms with Crippen molar-refractivity contribution >= 4 is 16.8 Å². The van der Waals surface area contributed by atoms with Gasteiger partial charge in [-0.2, -0.15) is 0 Å². The Morgan fingerprint density at radius 2 is 1.89 bits per heavy atom. The Morgan fingerprint density at radius 1 is 1.11 bits per heavy atom. The van der Waals surface area contributed by atoms with Gasteiger partial charge in [-0.25, -0.2) is 4.79 Å². The van der Waals surface area contributed by atoms with Crippen LogP contribution in [0.15, 0.2) is 57.3 Å². The molecule has 1 aliphatic rings. The molecule has 0 aliphatic carbocycles. The first kappa shape index (κ1) is 25.7. The van der Waals surface area contributed by atoms with E-state index in [-0.39, 0.29) is 18.0 Å². The Labute approximate surface area is 212 Å². The molecule has 2 heterocycles. The summed E-state index contributed by atoms with van der Waals surface area (Å²) >= 11 is 0. The topological polar surface area (TPSA) is 80.0 Å². The smallest absolute Gasteiger partial charge is 0.339 e. The third kappa shape index (κ3) is 6.24. The molecule has 0 unspecified atom stereocenters. The van der Waals surface area contributed by atoms with Gasteiger partial charge in [0.15, 0.2) is 5.78 Å². The van der Waals surface area contributed by atoms with Gasteiger partial charge in [0.05, 0.1) is 6.61 Å². The van der Waals surface area contributed by atoms with Crippen molar-refractivity contribution in [3.8, 4) is 11.5 Å². The maximum atomic E-state index is 13.0. The SMILES string of the molecule is CC(C)=CCc1cc(C(=O)Cc2cc3ccc(OCCCN4CCCC4)c(C)c3oc2=O)ccc1O. The molecule has 0 radical (unpaired) electrons. The lowest BCUT2D eigenvalue weighted by Crippen LogP contribution is -2.22. The van der Waals surface area contributed by atoms with E-state index in [4.69, 9.17) is 9.15 Å². The number of carbonyl (C=O) groups excluding carboxylic acids is 1. The fourth-order valence-corrected chi connectivity index (χ4v) is 4.62. The van der Waals surface area contributed by atoms with Gasteiger partial charge < -0.3 is 19.2 Å². The van der Waals surface area contributed by atoms with Crippen molar-refractivity contribution in [3.05, 3.63) is 80.7 Å². The number of Topliss-reactive ketones (excluding diaryl/α,β-unsaturated/α-hetero) is 1. The zero-order valence-corrected chi connectivity index (χ0v) is 21.4. The number of hydrogen-bond donors (Lipinski definition) is 1. The van der Waals surface area contributed by atoms with E-state index in [9.17, 15) is 14.7 Å². The molecule has 0 atom stereocenters. The maximum Gasteiger partial charge on any atom is 0.339 e. The second kappa shape index (κ2) is 11.6. The zero-order valence-electron chi connectivity index (χ0n) is 21.4. The predicted octanol–water partition coefficient (Wildman–Crippen LogP) is 5.61. The molecule has 0 saturated carbocycles. The Morgan fingerprint density at radius 3 is 2.64 bits per heavy atom. The number of phenolic OH excluding ortho intramolecular Hbond substituents is 1. The zero-order chi connectivity index (χ0) is 25.7. The van der Waals surface area contributed by atoms with E-state index in [1.54, 1.807) is 18.2 Å². The highest BCUT2D eigenvalue weighted by atomic mass is 16.5. The number of benzene rings is 2. The summed E-state index contributed by atoms with van der Waals surface area (Å²) in [5, 5.41) is 10.9. The molecular weight excluding hydrogens is 454 g/mol. The number of ether oxygens (including phenoxy) is 1. The Kier molecular flexibility index (Phi) is 8.26. The molecule has 6 heteroatoms. The van der Waals surface area contributed by atoms with E-state index in [0.29, 0.717) is 41.1 Å². The quantitative estimate of drug-likeness (QED) is 0.173. The third-order valence-corrected chi connectivity index (χ3v) is 6.73. The third-order valence-electron chi connectivity index (χ3n) is 6.73. The summed E-state index contributed by atoms with van der Waals surface area (Å²) in [6, 6.07) is 10.3. The van der Waals surface area contributed by atoms with Crippen molar-refractivity contribution in [1.82, 2.24) is 4.90 Å². The van der Waals surface area contributed by atoms with Gasteiger partial charge in [0, 0.05) is 35.0 Å². The Hall–Kier alpha value is -3.38. The summed E-state index contributed by atoms with van der Waals surface area (Å²) in [6.45, 7) is 9.85. The number of aromatic hydroxyl groups is 1. The molecule has 0 bridgehead atoms. The van der Waals surface area contributed by atoms with Crippen molar-refractivity contribution in [2.75, 3.05) is 26.2 Å². The van der Waals surface area contributed by atoms with Crippen LogP contribution in [0.2, 0.25) is 0 Å². The molecule has 190 valence electrons. The molecule has 1 aromatic heterocycles. The number of aryl methyl sites for hydroxylation is 1. The normalized spacial score (nSPS) is 13.8. The fraction of sp³-hybridized carbons (Fsp3) is 0.400. The Bertz CT molecular complexity index is 1330. The number of allylic oxidation sites excluding steroid dienone is 2. The van der Waals surface area contributed by atoms with Gasteiger partial charge in [0.25, 0.3) is 0 Å². The molecule has 1 saturated heterocycles. The number of phenols is 1. The monoisotopic (exact) mass is 489 g/mol. The molecule has 3 aromatic rings. The average Bonchev–Trinajstić information content (AvgIpc) is 3.37.